The molecule has 0 saturated carbocycles. The largest absolute Gasteiger partial charge is 0.444 e. The third-order valence-corrected chi connectivity index (χ3v) is 5.48. The Hall–Kier alpha value is -2.82. The minimum absolute atomic E-state index is 0.183. The van der Waals surface area contributed by atoms with Gasteiger partial charge in [0.05, 0.1) is 24.7 Å². The molecule has 1 aromatic rings. The van der Waals surface area contributed by atoms with E-state index in [0.717, 1.165) is 24.6 Å². The first-order valence-corrected chi connectivity index (χ1v) is 10.7. The zero-order chi connectivity index (χ0) is 24.4. The van der Waals surface area contributed by atoms with Crippen molar-refractivity contribution in [1.82, 2.24) is 15.5 Å². The summed E-state index contributed by atoms with van der Waals surface area (Å²) in [6, 6.07) is 3.44. The van der Waals surface area contributed by atoms with Crippen molar-refractivity contribution >= 4 is 17.9 Å². The molecule has 11 heteroatoms. The lowest BCUT2D eigenvalue weighted by Crippen LogP contribution is -2.53. The molecule has 2 fully saturated rings. The summed E-state index contributed by atoms with van der Waals surface area (Å²) >= 11 is 0. The maximum atomic E-state index is 12.9. The molecule has 0 aromatic heterocycles. The summed E-state index contributed by atoms with van der Waals surface area (Å²) < 4.78 is 49.9. The Balaban J connectivity index is 1.59. The van der Waals surface area contributed by atoms with Crippen molar-refractivity contribution < 1.29 is 37.0 Å². The highest BCUT2D eigenvalue weighted by Gasteiger charge is 2.52. The molecule has 3 amide bonds. The van der Waals surface area contributed by atoms with E-state index in [9.17, 15) is 27.6 Å². The molecule has 3 rings (SSSR count). The predicted octanol–water partition coefficient (Wildman–Crippen LogP) is 2.72. The molecule has 2 unspecified atom stereocenters. The average molecular weight is 471 g/mol. The fraction of sp³-hybridized carbons (Fsp3) is 0.591. The van der Waals surface area contributed by atoms with Crippen LogP contribution in [0.15, 0.2) is 24.3 Å². The van der Waals surface area contributed by atoms with Crippen molar-refractivity contribution in [2.75, 3.05) is 26.2 Å². The molecular formula is C22H28F3N3O5. The first kappa shape index (κ1) is 24.8. The van der Waals surface area contributed by atoms with Crippen molar-refractivity contribution in [2.24, 2.45) is 0 Å². The van der Waals surface area contributed by atoms with Gasteiger partial charge in [-0.2, -0.15) is 13.2 Å². The molecule has 0 radical (unpaired) electrons. The lowest BCUT2D eigenvalue weighted by molar-refractivity contribution is -0.137. The van der Waals surface area contributed by atoms with Crippen LogP contribution in [0.2, 0.25) is 0 Å². The van der Waals surface area contributed by atoms with Crippen LogP contribution >= 0.6 is 0 Å². The molecule has 1 spiro atoms. The van der Waals surface area contributed by atoms with Crippen LogP contribution in [0, 0.1) is 0 Å². The Morgan fingerprint density at radius 3 is 2.58 bits per heavy atom. The number of halogens is 3. The molecule has 2 heterocycles. The Morgan fingerprint density at radius 2 is 1.97 bits per heavy atom. The van der Waals surface area contributed by atoms with Gasteiger partial charge in [0.25, 0.3) is 5.91 Å². The average Bonchev–Trinajstić information content (AvgIpc) is 3.32. The fourth-order valence-electron chi connectivity index (χ4n) is 3.99. The summed E-state index contributed by atoms with van der Waals surface area (Å²) in [6.45, 7) is 5.79. The Morgan fingerprint density at radius 1 is 1.24 bits per heavy atom. The summed E-state index contributed by atoms with van der Waals surface area (Å²) in [4.78, 5) is 38.7. The Bertz CT molecular complexity index is 907. The number of carbonyl (C=O) groups excluding carboxylic acids is 3. The molecule has 2 atom stereocenters. The molecule has 182 valence electrons. The summed E-state index contributed by atoms with van der Waals surface area (Å²) in [5.74, 6) is -1.34. The number of hydrogen-bond acceptors (Lipinski definition) is 5. The van der Waals surface area contributed by atoms with Crippen molar-refractivity contribution in [1.29, 1.82) is 0 Å². The smallest absolute Gasteiger partial charge is 0.416 e. The second-order valence-electron chi connectivity index (χ2n) is 9.26. The molecule has 0 bridgehead atoms. The predicted molar refractivity (Wildman–Crippen MR) is 111 cm³/mol. The molecule has 33 heavy (non-hydrogen) atoms. The van der Waals surface area contributed by atoms with E-state index < -0.39 is 53.4 Å². The third-order valence-electron chi connectivity index (χ3n) is 5.48. The molecule has 2 N–H and O–H groups in total. The van der Waals surface area contributed by atoms with E-state index in [1.165, 1.54) is 11.0 Å². The summed E-state index contributed by atoms with van der Waals surface area (Å²) in [6.07, 6.45) is -3.66. The van der Waals surface area contributed by atoms with E-state index in [1.54, 1.807) is 20.8 Å². The van der Waals surface area contributed by atoms with Gasteiger partial charge < -0.3 is 25.0 Å². The van der Waals surface area contributed by atoms with Crippen LogP contribution in [0.1, 0.15) is 49.5 Å². The number of benzene rings is 1. The number of alkyl halides is 3. The first-order chi connectivity index (χ1) is 15.3. The zero-order valence-electron chi connectivity index (χ0n) is 18.8. The molecule has 0 aliphatic carbocycles. The third kappa shape index (κ3) is 6.16. The van der Waals surface area contributed by atoms with Crippen molar-refractivity contribution in [3.05, 3.63) is 35.4 Å². The molecule has 2 saturated heterocycles. The summed E-state index contributed by atoms with van der Waals surface area (Å²) in [7, 11) is 0. The van der Waals surface area contributed by atoms with Gasteiger partial charge in [-0.25, -0.2) is 4.79 Å². The highest BCUT2D eigenvalue weighted by atomic mass is 19.4. The molecule has 2 aliphatic heterocycles. The number of nitrogens with zero attached hydrogens (tertiary/aromatic N) is 1. The van der Waals surface area contributed by atoms with Gasteiger partial charge in [0.2, 0.25) is 5.91 Å². The van der Waals surface area contributed by atoms with Crippen molar-refractivity contribution in [3.63, 3.8) is 0 Å². The SMILES string of the molecule is CC(C)(C)OC(=O)N1CC(NC(=O)CNC(=O)c2cccc(C(F)(F)F)c2)C2(CCCO2)C1. The van der Waals surface area contributed by atoms with Crippen LogP contribution in [0.5, 0.6) is 0 Å². The number of rotatable bonds is 4. The maximum absolute atomic E-state index is 12.9. The van der Waals surface area contributed by atoms with E-state index in [2.05, 4.69) is 10.6 Å². The highest BCUT2D eigenvalue weighted by molar-refractivity contribution is 5.96. The van der Waals surface area contributed by atoms with Crippen LogP contribution in [-0.4, -0.2) is 66.3 Å². The quantitative estimate of drug-likeness (QED) is 0.704. The normalized spacial score (nSPS) is 23.0. The number of nitrogens with one attached hydrogen (secondary N) is 2. The van der Waals surface area contributed by atoms with Gasteiger partial charge >= 0.3 is 12.3 Å². The standard InChI is InChI=1S/C22H28F3N3O5/c1-20(2,3)33-19(31)28-12-16(21(13-28)8-5-9-32-21)27-17(29)11-26-18(30)14-6-4-7-15(10-14)22(23,24)25/h4,6-7,10,16H,5,8-9,11-13H2,1-3H3,(H,26,30)(H,27,29). The summed E-state index contributed by atoms with van der Waals surface area (Å²) in [5.41, 5.74) is -2.56. The van der Waals surface area contributed by atoms with Crippen molar-refractivity contribution in [3.8, 4) is 0 Å². The van der Waals surface area contributed by atoms with Gasteiger partial charge in [-0.15, -0.1) is 0 Å². The van der Waals surface area contributed by atoms with Crippen LogP contribution in [0.25, 0.3) is 0 Å². The second-order valence-corrected chi connectivity index (χ2v) is 9.26. The number of carbonyl (C=O) groups is 3. The van der Waals surface area contributed by atoms with E-state index >= 15 is 0 Å². The highest BCUT2D eigenvalue weighted by Crippen LogP contribution is 2.36. The van der Waals surface area contributed by atoms with E-state index in [0.29, 0.717) is 13.0 Å². The number of likely N-dealkylation sites (tertiary alicyclic amines) is 1. The first-order valence-electron chi connectivity index (χ1n) is 10.7. The lowest BCUT2D eigenvalue weighted by atomic mass is 9.94. The lowest BCUT2D eigenvalue weighted by Gasteiger charge is -2.29. The van der Waals surface area contributed by atoms with Crippen LogP contribution in [0.4, 0.5) is 18.0 Å². The van der Waals surface area contributed by atoms with Gasteiger partial charge in [-0.05, 0) is 51.8 Å². The summed E-state index contributed by atoms with van der Waals surface area (Å²) in [5, 5.41) is 5.12. The van der Waals surface area contributed by atoms with Crippen LogP contribution in [0.3, 0.4) is 0 Å². The molecule has 8 nitrogen and oxygen atoms in total. The molecule has 2 aliphatic rings. The molecular weight excluding hydrogens is 443 g/mol. The van der Waals surface area contributed by atoms with E-state index in [-0.39, 0.29) is 18.7 Å². The van der Waals surface area contributed by atoms with E-state index in [4.69, 9.17) is 9.47 Å². The monoisotopic (exact) mass is 471 g/mol. The van der Waals surface area contributed by atoms with Crippen molar-refractivity contribution in [2.45, 2.75) is 57.0 Å². The van der Waals surface area contributed by atoms with Gasteiger partial charge in [0.1, 0.15) is 11.2 Å². The Kier molecular flexibility index (Phi) is 6.92. The minimum Gasteiger partial charge on any atom is -0.444 e. The Labute approximate surface area is 189 Å². The van der Waals surface area contributed by atoms with Crippen LogP contribution < -0.4 is 10.6 Å². The van der Waals surface area contributed by atoms with E-state index in [1.807, 2.05) is 0 Å². The van der Waals surface area contributed by atoms with Gasteiger partial charge in [-0.1, -0.05) is 6.07 Å². The number of hydrogen-bond donors (Lipinski definition) is 2. The number of ether oxygens (including phenoxy) is 2. The maximum Gasteiger partial charge on any atom is 0.416 e. The van der Waals surface area contributed by atoms with Gasteiger partial charge in [0.15, 0.2) is 0 Å². The van der Waals surface area contributed by atoms with Gasteiger partial charge in [0, 0.05) is 18.7 Å². The van der Waals surface area contributed by atoms with Gasteiger partial charge in [-0.3, -0.25) is 9.59 Å². The second kappa shape index (κ2) is 9.20. The fourth-order valence-corrected chi connectivity index (χ4v) is 3.99. The molecule has 1 aromatic carbocycles. The minimum atomic E-state index is -4.58. The topological polar surface area (TPSA) is 97.0 Å². The van der Waals surface area contributed by atoms with Crippen LogP contribution in [-0.2, 0) is 20.4 Å². The zero-order valence-corrected chi connectivity index (χ0v) is 18.8. The number of amides is 3.